The molecule has 208 valence electrons. The zero-order valence-electron chi connectivity index (χ0n) is 21.9. The molecule has 0 fully saturated rings. The maximum atomic E-state index is 14.5. The number of anilines is 1. The van der Waals surface area contributed by atoms with Gasteiger partial charge in [0.1, 0.15) is 11.6 Å². The van der Waals surface area contributed by atoms with Crippen molar-refractivity contribution in [2.45, 2.75) is 39.0 Å². The Balaban J connectivity index is 1.74. The number of halogens is 2. The fourth-order valence-electron chi connectivity index (χ4n) is 3.75. The first-order chi connectivity index (χ1) is 18.8. The van der Waals surface area contributed by atoms with Gasteiger partial charge in [-0.3, -0.25) is 10.1 Å². The normalized spacial score (nSPS) is 11.3. The first kappa shape index (κ1) is 29.6. The largest absolute Gasteiger partial charge is 0.492 e. The average Bonchev–Trinajstić information content (AvgIpc) is 3.38. The van der Waals surface area contributed by atoms with Crippen LogP contribution in [0.25, 0.3) is 17.3 Å². The number of hydrogen-bond donors (Lipinski definition) is 2. The van der Waals surface area contributed by atoms with E-state index in [9.17, 15) is 18.4 Å². The lowest BCUT2D eigenvalue weighted by atomic mass is 10.1. The fourth-order valence-corrected chi connectivity index (χ4v) is 4.45. The zero-order chi connectivity index (χ0) is 28.4. The van der Waals surface area contributed by atoms with Crippen molar-refractivity contribution in [2.75, 3.05) is 26.1 Å². The van der Waals surface area contributed by atoms with Crippen LogP contribution >= 0.6 is 11.3 Å². The molecule has 0 aliphatic rings. The Kier molecular flexibility index (Phi) is 10.8. The van der Waals surface area contributed by atoms with E-state index in [-0.39, 0.29) is 10.7 Å². The Morgan fingerprint density at radius 2 is 1.82 bits per heavy atom. The molecule has 0 spiro atoms. The molecule has 1 aromatic heterocycles. The van der Waals surface area contributed by atoms with Gasteiger partial charge in [0.15, 0.2) is 16.6 Å². The summed E-state index contributed by atoms with van der Waals surface area (Å²) in [6.45, 7) is 2.73. The molecule has 0 bridgehead atoms. The van der Waals surface area contributed by atoms with E-state index >= 15 is 0 Å². The number of carboxylic acid groups (broad SMARTS) is 1. The van der Waals surface area contributed by atoms with Crippen molar-refractivity contribution in [1.29, 1.82) is 0 Å². The van der Waals surface area contributed by atoms with Gasteiger partial charge in [-0.25, -0.2) is 18.6 Å². The van der Waals surface area contributed by atoms with Gasteiger partial charge in [0, 0.05) is 28.1 Å². The number of carbonyl (C=O) groups is 2. The minimum absolute atomic E-state index is 0.205. The van der Waals surface area contributed by atoms with Crippen molar-refractivity contribution in [1.82, 2.24) is 4.98 Å². The Morgan fingerprint density at radius 1 is 1.10 bits per heavy atom. The Bertz CT molecular complexity index is 1320. The average molecular weight is 561 g/mol. The van der Waals surface area contributed by atoms with Crippen molar-refractivity contribution in [3.8, 4) is 22.8 Å². The van der Waals surface area contributed by atoms with Crippen molar-refractivity contribution in [3.05, 3.63) is 64.2 Å². The second-order valence-electron chi connectivity index (χ2n) is 8.46. The van der Waals surface area contributed by atoms with E-state index in [0.717, 1.165) is 43.4 Å². The van der Waals surface area contributed by atoms with Crippen LogP contribution in [0.5, 0.6) is 11.5 Å². The minimum atomic E-state index is -1.49. The Hall–Kier alpha value is -3.99. The molecule has 0 saturated carbocycles. The fraction of sp³-hybridized carbons (Fsp3) is 0.321. The maximum absolute atomic E-state index is 14.5. The summed E-state index contributed by atoms with van der Waals surface area (Å²) in [5.74, 6) is -4.08. The molecular formula is C28H30F2N2O6S. The van der Waals surface area contributed by atoms with Gasteiger partial charge in [0.25, 0.3) is 5.91 Å². The van der Waals surface area contributed by atoms with Crippen LogP contribution in [0.15, 0.2) is 41.5 Å². The van der Waals surface area contributed by atoms with Gasteiger partial charge >= 0.3 is 5.97 Å². The van der Waals surface area contributed by atoms with Crippen LogP contribution in [0.2, 0.25) is 0 Å². The number of methoxy groups -OCH3 is 2. The molecule has 0 aliphatic carbocycles. The van der Waals surface area contributed by atoms with E-state index in [1.165, 1.54) is 26.4 Å². The van der Waals surface area contributed by atoms with E-state index in [4.69, 9.17) is 14.6 Å². The SMILES string of the molecule is CCCCCCCOc1cccc(-c2csc(NC(=O)c3cc(F)c(/C=C(/OC)C(=O)O)c(F)c3)n2)c1OC. The number of para-hydroxylation sites is 1. The van der Waals surface area contributed by atoms with Gasteiger partial charge < -0.3 is 19.3 Å². The quantitative estimate of drug-likeness (QED) is 0.127. The highest BCUT2D eigenvalue weighted by atomic mass is 32.1. The smallest absolute Gasteiger partial charge is 0.371 e. The van der Waals surface area contributed by atoms with Crippen molar-refractivity contribution in [2.24, 2.45) is 0 Å². The third-order valence-corrected chi connectivity index (χ3v) is 6.49. The number of rotatable bonds is 14. The van der Waals surface area contributed by atoms with Crippen LogP contribution < -0.4 is 14.8 Å². The number of unbranched alkanes of at least 4 members (excludes halogenated alkanes) is 4. The summed E-state index contributed by atoms with van der Waals surface area (Å²) in [4.78, 5) is 28.2. The zero-order valence-corrected chi connectivity index (χ0v) is 22.7. The molecule has 2 N–H and O–H groups in total. The summed E-state index contributed by atoms with van der Waals surface area (Å²) in [7, 11) is 2.60. The van der Waals surface area contributed by atoms with E-state index in [1.807, 2.05) is 18.2 Å². The molecular weight excluding hydrogens is 530 g/mol. The number of carbonyl (C=O) groups excluding carboxylic acids is 1. The summed E-state index contributed by atoms with van der Waals surface area (Å²) in [6, 6.07) is 7.07. The number of amides is 1. The molecule has 39 heavy (non-hydrogen) atoms. The highest BCUT2D eigenvalue weighted by Gasteiger charge is 2.19. The minimum Gasteiger partial charge on any atom is -0.492 e. The number of ether oxygens (including phenoxy) is 3. The van der Waals surface area contributed by atoms with Gasteiger partial charge in [-0.2, -0.15) is 0 Å². The van der Waals surface area contributed by atoms with Crippen LogP contribution in [-0.4, -0.2) is 42.8 Å². The van der Waals surface area contributed by atoms with Crippen molar-refractivity contribution < 1.29 is 37.7 Å². The summed E-state index contributed by atoms with van der Waals surface area (Å²) >= 11 is 1.13. The van der Waals surface area contributed by atoms with E-state index in [0.29, 0.717) is 35.4 Å². The van der Waals surface area contributed by atoms with E-state index in [2.05, 4.69) is 22.0 Å². The lowest BCUT2D eigenvalue weighted by molar-refractivity contribution is -0.135. The summed E-state index contributed by atoms with van der Waals surface area (Å²) < 4.78 is 45.2. The lowest BCUT2D eigenvalue weighted by Crippen LogP contribution is -2.13. The standard InChI is InChI=1S/C28H30F2N2O6S/c1-4-5-6-7-8-12-38-23-11-9-10-18(25(23)37-3)22-16-39-28(31-22)32-26(33)17-13-20(29)19(21(30)14-17)15-24(36-2)27(34)35/h9-11,13-16H,4-8,12H2,1-3H3,(H,34,35)(H,31,32,33)/b24-15+. The lowest BCUT2D eigenvalue weighted by Gasteiger charge is -2.13. The highest BCUT2D eigenvalue weighted by Crippen LogP contribution is 2.39. The molecule has 0 aliphatic heterocycles. The topological polar surface area (TPSA) is 107 Å². The van der Waals surface area contributed by atoms with Crippen LogP contribution in [0, 0.1) is 11.6 Å². The summed E-state index contributed by atoms with van der Waals surface area (Å²) in [6.07, 6.45) is 6.29. The number of nitrogens with one attached hydrogen (secondary N) is 1. The third-order valence-electron chi connectivity index (χ3n) is 5.74. The van der Waals surface area contributed by atoms with Crippen LogP contribution in [0.1, 0.15) is 54.9 Å². The first-order valence-electron chi connectivity index (χ1n) is 12.3. The molecule has 8 nitrogen and oxygen atoms in total. The maximum Gasteiger partial charge on any atom is 0.371 e. The Labute approximate surface area is 229 Å². The predicted molar refractivity (Wildman–Crippen MR) is 145 cm³/mol. The van der Waals surface area contributed by atoms with Gasteiger partial charge in [0.2, 0.25) is 5.76 Å². The predicted octanol–water partition coefficient (Wildman–Crippen LogP) is 6.77. The first-order valence-corrected chi connectivity index (χ1v) is 13.2. The van der Waals surface area contributed by atoms with Crippen LogP contribution in [0.3, 0.4) is 0 Å². The van der Waals surface area contributed by atoms with Gasteiger partial charge in [-0.05, 0) is 30.7 Å². The third kappa shape index (κ3) is 7.76. The molecule has 0 saturated heterocycles. The number of aliphatic carboxylic acids is 1. The monoisotopic (exact) mass is 560 g/mol. The second kappa shape index (κ2) is 14.2. The molecule has 1 heterocycles. The molecule has 0 unspecified atom stereocenters. The Morgan fingerprint density at radius 3 is 2.46 bits per heavy atom. The van der Waals surface area contributed by atoms with Gasteiger partial charge in [0.05, 0.1) is 26.5 Å². The number of carboxylic acids is 1. The number of hydrogen-bond acceptors (Lipinski definition) is 7. The van der Waals surface area contributed by atoms with Gasteiger partial charge in [-0.15, -0.1) is 11.3 Å². The molecule has 1 amide bonds. The van der Waals surface area contributed by atoms with Crippen LogP contribution in [-0.2, 0) is 9.53 Å². The van der Waals surface area contributed by atoms with Crippen molar-refractivity contribution >= 4 is 34.4 Å². The molecule has 0 atom stereocenters. The van der Waals surface area contributed by atoms with E-state index in [1.54, 1.807) is 5.38 Å². The van der Waals surface area contributed by atoms with Gasteiger partial charge in [-0.1, -0.05) is 38.7 Å². The van der Waals surface area contributed by atoms with Crippen LogP contribution in [0.4, 0.5) is 13.9 Å². The number of nitrogens with zero attached hydrogens (tertiary/aromatic N) is 1. The number of aromatic nitrogens is 1. The molecule has 3 rings (SSSR count). The summed E-state index contributed by atoms with van der Waals surface area (Å²) in [5, 5.41) is 13.5. The molecule has 11 heteroatoms. The molecule has 0 radical (unpaired) electrons. The number of benzene rings is 2. The highest BCUT2D eigenvalue weighted by molar-refractivity contribution is 7.14. The molecule has 3 aromatic rings. The number of thiazole rings is 1. The van der Waals surface area contributed by atoms with E-state index < -0.39 is 34.8 Å². The second-order valence-corrected chi connectivity index (χ2v) is 9.32. The molecule has 2 aromatic carbocycles. The van der Waals surface area contributed by atoms with Crippen molar-refractivity contribution in [3.63, 3.8) is 0 Å². The summed E-state index contributed by atoms with van der Waals surface area (Å²) in [5.41, 5.74) is 0.245.